The van der Waals surface area contributed by atoms with Gasteiger partial charge in [0.2, 0.25) is 0 Å². The molecule has 3 nitrogen and oxygen atoms in total. The van der Waals surface area contributed by atoms with Gasteiger partial charge in [-0.2, -0.15) is 0 Å². The Hall–Kier alpha value is -0.870. The van der Waals surface area contributed by atoms with E-state index in [2.05, 4.69) is 21.1 Å². The van der Waals surface area contributed by atoms with Crippen molar-refractivity contribution in [2.45, 2.75) is 13.5 Å². The van der Waals surface area contributed by atoms with Crippen LogP contribution in [0, 0.1) is 6.92 Å². The van der Waals surface area contributed by atoms with Gasteiger partial charge in [-0.15, -0.1) is 0 Å². The summed E-state index contributed by atoms with van der Waals surface area (Å²) in [6, 6.07) is 3.91. The maximum atomic E-state index is 5.56. The standard InChI is InChI=1S/C9H9BrN2O/c1-5-7-3-8(10)6(4-11)2-9(7)13-12-5/h2-3H,4,11H2,1H3. The van der Waals surface area contributed by atoms with E-state index >= 15 is 0 Å². The number of nitrogens with two attached hydrogens (primary N) is 1. The van der Waals surface area contributed by atoms with Gasteiger partial charge in [0.15, 0.2) is 5.58 Å². The minimum absolute atomic E-state index is 0.496. The summed E-state index contributed by atoms with van der Waals surface area (Å²) in [5.74, 6) is 0. The van der Waals surface area contributed by atoms with Crippen LogP contribution in [0.3, 0.4) is 0 Å². The maximum Gasteiger partial charge on any atom is 0.167 e. The van der Waals surface area contributed by atoms with Gasteiger partial charge in [0.05, 0.1) is 5.69 Å². The molecule has 0 radical (unpaired) electrons. The molecule has 1 heterocycles. The van der Waals surface area contributed by atoms with Crippen molar-refractivity contribution < 1.29 is 4.52 Å². The van der Waals surface area contributed by atoms with Crippen molar-refractivity contribution in [1.82, 2.24) is 5.16 Å². The van der Waals surface area contributed by atoms with E-state index in [1.54, 1.807) is 0 Å². The molecule has 1 aromatic carbocycles. The fourth-order valence-electron chi connectivity index (χ4n) is 1.28. The van der Waals surface area contributed by atoms with Gasteiger partial charge >= 0.3 is 0 Å². The van der Waals surface area contributed by atoms with Crippen molar-refractivity contribution in [3.8, 4) is 0 Å². The second-order valence-electron chi connectivity index (χ2n) is 2.91. The predicted molar refractivity (Wildman–Crippen MR) is 54.3 cm³/mol. The SMILES string of the molecule is Cc1noc2cc(CN)c(Br)cc12. The lowest BCUT2D eigenvalue weighted by molar-refractivity contribution is 0.450. The molecule has 13 heavy (non-hydrogen) atoms. The highest BCUT2D eigenvalue weighted by molar-refractivity contribution is 9.10. The highest BCUT2D eigenvalue weighted by Crippen LogP contribution is 2.26. The van der Waals surface area contributed by atoms with Crippen molar-refractivity contribution in [3.63, 3.8) is 0 Å². The Labute approximate surface area is 84.0 Å². The highest BCUT2D eigenvalue weighted by Gasteiger charge is 2.07. The van der Waals surface area contributed by atoms with Crippen LogP contribution in [0.4, 0.5) is 0 Å². The molecular formula is C9H9BrN2O. The van der Waals surface area contributed by atoms with Crippen molar-refractivity contribution in [2.75, 3.05) is 0 Å². The number of fused-ring (bicyclic) bond motifs is 1. The van der Waals surface area contributed by atoms with Gasteiger partial charge in [0.25, 0.3) is 0 Å². The number of benzene rings is 1. The molecule has 0 bridgehead atoms. The molecule has 2 rings (SSSR count). The normalized spacial score (nSPS) is 11.0. The molecule has 0 amide bonds. The number of aryl methyl sites for hydroxylation is 1. The lowest BCUT2D eigenvalue weighted by Crippen LogP contribution is -1.96. The van der Waals surface area contributed by atoms with Crippen LogP contribution < -0.4 is 5.73 Å². The first kappa shape index (κ1) is 8.72. The van der Waals surface area contributed by atoms with Gasteiger partial charge in [-0.25, -0.2) is 0 Å². The minimum Gasteiger partial charge on any atom is -0.356 e. The molecule has 0 atom stereocenters. The Kier molecular flexibility index (Phi) is 2.09. The number of hydrogen-bond acceptors (Lipinski definition) is 3. The van der Waals surface area contributed by atoms with Crippen molar-refractivity contribution in [1.29, 1.82) is 0 Å². The molecular weight excluding hydrogens is 232 g/mol. The van der Waals surface area contributed by atoms with Gasteiger partial charge in [0, 0.05) is 16.4 Å². The smallest absolute Gasteiger partial charge is 0.167 e. The number of nitrogens with zero attached hydrogens (tertiary/aromatic N) is 1. The quantitative estimate of drug-likeness (QED) is 0.833. The van der Waals surface area contributed by atoms with Crippen molar-refractivity contribution >= 4 is 26.9 Å². The van der Waals surface area contributed by atoms with Gasteiger partial charge in [-0.05, 0) is 24.6 Å². The molecule has 68 valence electrons. The molecule has 0 aliphatic rings. The van der Waals surface area contributed by atoms with E-state index in [4.69, 9.17) is 10.3 Å². The number of rotatable bonds is 1. The summed E-state index contributed by atoms with van der Waals surface area (Å²) in [5, 5.41) is 4.91. The Morgan fingerprint density at radius 2 is 2.31 bits per heavy atom. The van der Waals surface area contributed by atoms with Gasteiger partial charge < -0.3 is 10.3 Å². The zero-order valence-corrected chi connectivity index (χ0v) is 8.76. The largest absolute Gasteiger partial charge is 0.356 e. The van der Waals surface area contributed by atoms with E-state index in [0.29, 0.717) is 6.54 Å². The molecule has 4 heteroatoms. The molecule has 0 aliphatic heterocycles. The topological polar surface area (TPSA) is 52.0 Å². The fraction of sp³-hybridized carbons (Fsp3) is 0.222. The molecule has 1 aromatic heterocycles. The van der Waals surface area contributed by atoms with Crippen LogP contribution in [-0.2, 0) is 6.54 Å². The third-order valence-corrected chi connectivity index (χ3v) is 2.78. The first-order valence-electron chi connectivity index (χ1n) is 3.97. The van der Waals surface area contributed by atoms with E-state index < -0.39 is 0 Å². The molecule has 0 aliphatic carbocycles. The van der Waals surface area contributed by atoms with E-state index in [1.165, 1.54) is 0 Å². The highest BCUT2D eigenvalue weighted by atomic mass is 79.9. The van der Waals surface area contributed by atoms with E-state index in [9.17, 15) is 0 Å². The Morgan fingerprint density at radius 3 is 3.00 bits per heavy atom. The second-order valence-corrected chi connectivity index (χ2v) is 3.77. The van der Waals surface area contributed by atoms with Crippen LogP contribution in [0.15, 0.2) is 21.1 Å². The molecule has 2 N–H and O–H groups in total. The molecule has 0 spiro atoms. The van der Waals surface area contributed by atoms with E-state index in [-0.39, 0.29) is 0 Å². The third-order valence-electron chi connectivity index (χ3n) is 2.04. The molecule has 0 fully saturated rings. The summed E-state index contributed by atoms with van der Waals surface area (Å²) in [6.45, 7) is 2.41. The van der Waals surface area contributed by atoms with E-state index in [1.807, 2.05) is 19.1 Å². The summed E-state index contributed by atoms with van der Waals surface area (Å²) in [6.07, 6.45) is 0. The van der Waals surface area contributed by atoms with Crippen LogP contribution in [0.25, 0.3) is 11.0 Å². The molecule has 0 saturated heterocycles. The zero-order valence-electron chi connectivity index (χ0n) is 7.17. The Bertz CT molecular complexity index is 450. The molecule has 0 unspecified atom stereocenters. The lowest BCUT2D eigenvalue weighted by Gasteiger charge is -1.99. The average molecular weight is 241 g/mol. The first-order chi connectivity index (χ1) is 6.22. The predicted octanol–water partition coefficient (Wildman–Crippen LogP) is 2.36. The lowest BCUT2D eigenvalue weighted by atomic mass is 10.1. The van der Waals surface area contributed by atoms with Gasteiger partial charge in [-0.1, -0.05) is 21.1 Å². The first-order valence-corrected chi connectivity index (χ1v) is 4.76. The van der Waals surface area contributed by atoms with Gasteiger partial charge in [0.1, 0.15) is 0 Å². The van der Waals surface area contributed by atoms with Gasteiger partial charge in [-0.3, -0.25) is 0 Å². The summed E-state index contributed by atoms with van der Waals surface area (Å²) in [4.78, 5) is 0. The summed E-state index contributed by atoms with van der Waals surface area (Å²) in [5.41, 5.74) is 8.28. The zero-order chi connectivity index (χ0) is 9.42. The Morgan fingerprint density at radius 1 is 1.54 bits per heavy atom. The summed E-state index contributed by atoms with van der Waals surface area (Å²) >= 11 is 3.45. The number of hydrogen-bond donors (Lipinski definition) is 1. The summed E-state index contributed by atoms with van der Waals surface area (Å²) < 4.78 is 6.13. The van der Waals surface area contributed by atoms with Crippen LogP contribution in [0.2, 0.25) is 0 Å². The Balaban J connectivity index is 2.76. The van der Waals surface area contributed by atoms with Crippen LogP contribution in [0.5, 0.6) is 0 Å². The number of aromatic nitrogens is 1. The summed E-state index contributed by atoms with van der Waals surface area (Å²) in [7, 11) is 0. The monoisotopic (exact) mass is 240 g/mol. The van der Waals surface area contributed by atoms with Crippen LogP contribution >= 0.6 is 15.9 Å². The van der Waals surface area contributed by atoms with Crippen molar-refractivity contribution in [2.24, 2.45) is 5.73 Å². The maximum absolute atomic E-state index is 5.56. The molecule has 2 aromatic rings. The minimum atomic E-state index is 0.496. The van der Waals surface area contributed by atoms with E-state index in [0.717, 1.165) is 26.7 Å². The average Bonchev–Trinajstić information content (AvgIpc) is 2.47. The fourth-order valence-corrected chi connectivity index (χ4v) is 1.78. The molecule has 0 saturated carbocycles. The van der Waals surface area contributed by atoms with Crippen molar-refractivity contribution in [3.05, 3.63) is 27.9 Å². The third kappa shape index (κ3) is 1.36. The van der Waals surface area contributed by atoms with Crippen LogP contribution in [-0.4, -0.2) is 5.16 Å². The second kappa shape index (κ2) is 3.12. The number of halogens is 1. The van der Waals surface area contributed by atoms with Crippen LogP contribution in [0.1, 0.15) is 11.3 Å².